The molecule has 0 aliphatic heterocycles. The zero-order chi connectivity index (χ0) is 11.3. The summed E-state index contributed by atoms with van der Waals surface area (Å²) in [6, 6.07) is 5.13. The minimum Gasteiger partial charge on any atom is -0.507 e. The minimum absolute atomic E-state index is 0.0424. The second-order valence-electron chi connectivity index (χ2n) is 3.46. The molecule has 2 N–H and O–H groups in total. The van der Waals surface area contributed by atoms with Gasteiger partial charge in [-0.3, -0.25) is 4.79 Å². The van der Waals surface area contributed by atoms with Gasteiger partial charge in [0.1, 0.15) is 5.75 Å². The van der Waals surface area contributed by atoms with Gasteiger partial charge in [-0.15, -0.1) is 0 Å². The molecule has 0 unspecified atom stereocenters. The van der Waals surface area contributed by atoms with Crippen molar-refractivity contribution >= 4 is 5.91 Å². The smallest absolute Gasteiger partial charge is 0.255 e. The van der Waals surface area contributed by atoms with Crippen LogP contribution >= 0.6 is 0 Å². The van der Waals surface area contributed by atoms with Gasteiger partial charge in [0.2, 0.25) is 0 Å². The maximum atomic E-state index is 11.6. The normalized spacial score (nSPS) is 10.0. The third-order valence-electron chi connectivity index (χ3n) is 2.25. The van der Waals surface area contributed by atoms with Crippen molar-refractivity contribution in [2.24, 2.45) is 0 Å². The van der Waals surface area contributed by atoms with E-state index in [4.69, 9.17) is 0 Å². The van der Waals surface area contributed by atoms with Crippen molar-refractivity contribution < 1.29 is 9.90 Å². The van der Waals surface area contributed by atoms with E-state index in [0.29, 0.717) is 12.1 Å². The Hall–Kier alpha value is -1.51. The second kappa shape index (κ2) is 5.39. The Balaban J connectivity index is 2.86. The molecule has 0 bridgehead atoms. The van der Waals surface area contributed by atoms with Crippen molar-refractivity contribution in [3.63, 3.8) is 0 Å². The summed E-state index contributed by atoms with van der Waals surface area (Å²) in [5.41, 5.74) is 1.41. The van der Waals surface area contributed by atoms with E-state index < -0.39 is 0 Å². The van der Waals surface area contributed by atoms with Crippen LogP contribution in [0, 0.1) is 0 Å². The van der Waals surface area contributed by atoms with Gasteiger partial charge in [0.05, 0.1) is 5.56 Å². The average molecular weight is 207 g/mol. The van der Waals surface area contributed by atoms with Crippen LogP contribution in [0.25, 0.3) is 0 Å². The number of nitrogens with one attached hydrogen (secondary N) is 1. The van der Waals surface area contributed by atoms with Gasteiger partial charge in [-0.05, 0) is 30.5 Å². The molecule has 0 spiro atoms. The average Bonchev–Trinajstić information content (AvgIpc) is 2.26. The summed E-state index contributed by atoms with van der Waals surface area (Å²) in [7, 11) is 0. The van der Waals surface area contributed by atoms with E-state index in [-0.39, 0.29) is 11.7 Å². The Morgan fingerprint density at radius 2 is 2.13 bits per heavy atom. The molecule has 1 amide bonds. The molecule has 0 aromatic heterocycles. The Morgan fingerprint density at radius 3 is 2.73 bits per heavy atom. The van der Waals surface area contributed by atoms with Gasteiger partial charge in [0.15, 0.2) is 0 Å². The first-order valence-electron chi connectivity index (χ1n) is 5.29. The van der Waals surface area contributed by atoms with Gasteiger partial charge >= 0.3 is 0 Å². The monoisotopic (exact) mass is 207 g/mol. The van der Waals surface area contributed by atoms with Crippen molar-refractivity contribution in [2.45, 2.75) is 26.7 Å². The molecule has 0 heterocycles. The zero-order valence-electron chi connectivity index (χ0n) is 9.21. The van der Waals surface area contributed by atoms with Crippen molar-refractivity contribution in [3.8, 4) is 5.75 Å². The number of aryl methyl sites for hydroxylation is 1. The van der Waals surface area contributed by atoms with Gasteiger partial charge < -0.3 is 10.4 Å². The van der Waals surface area contributed by atoms with Crippen molar-refractivity contribution in [1.29, 1.82) is 0 Å². The lowest BCUT2D eigenvalue weighted by atomic mass is 10.1. The van der Waals surface area contributed by atoms with Crippen molar-refractivity contribution in [2.75, 3.05) is 6.54 Å². The number of aromatic hydroxyl groups is 1. The van der Waals surface area contributed by atoms with Gasteiger partial charge in [0.25, 0.3) is 5.91 Å². The number of phenolic OH excluding ortho intramolecular Hbond substituents is 1. The fourth-order valence-corrected chi connectivity index (χ4v) is 1.32. The summed E-state index contributed by atoms with van der Waals surface area (Å²) in [5, 5.41) is 12.3. The van der Waals surface area contributed by atoms with Crippen LogP contribution in [0.2, 0.25) is 0 Å². The summed E-state index contributed by atoms with van der Waals surface area (Å²) in [4.78, 5) is 11.6. The summed E-state index contributed by atoms with van der Waals surface area (Å²) in [6.07, 6.45) is 1.74. The third-order valence-corrected chi connectivity index (χ3v) is 2.25. The maximum Gasteiger partial charge on any atom is 0.255 e. The number of carbonyl (C=O) groups excluding carboxylic acids is 1. The highest BCUT2D eigenvalue weighted by Gasteiger charge is 2.10. The van der Waals surface area contributed by atoms with E-state index in [9.17, 15) is 9.90 Å². The van der Waals surface area contributed by atoms with E-state index in [1.165, 1.54) is 0 Å². The van der Waals surface area contributed by atoms with Crippen LogP contribution in [-0.4, -0.2) is 17.6 Å². The summed E-state index contributed by atoms with van der Waals surface area (Å²) in [6.45, 7) is 4.64. The van der Waals surface area contributed by atoms with Crippen LogP contribution in [0.1, 0.15) is 36.2 Å². The number of benzene rings is 1. The summed E-state index contributed by atoms with van der Waals surface area (Å²) >= 11 is 0. The topological polar surface area (TPSA) is 49.3 Å². The zero-order valence-corrected chi connectivity index (χ0v) is 9.21. The molecular weight excluding hydrogens is 190 g/mol. The largest absolute Gasteiger partial charge is 0.507 e. The fraction of sp³-hybridized carbons (Fsp3) is 0.417. The Morgan fingerprint density at radius 1 is 1.40 bits per heavy atom. The molecule has 1 aromatic carbocycles. The number of amides is 1. The highest BCUT2D eigenvalue weighted by Crippen LogP contribution is 2.18. The number of hydrogen-bond donors (Lipinski definition) is 2. The molecule has 1 rings (SSSR count). The molecule has 15 heavy (non-hydrogen) atoms. The molecule has 0 radical (unpaired) electrons. The molecule has 0 aliphatic carbocycles. The second-order valence-corrected chi connectivity index (χ2v) is 3.46. The predicted octanol–water partition coefficient (Wildman–Crippen LogP) is 2.09. The van der Waals surface area contributed by atoms with Crippen LogP contribution in [0.5, 0.6) is 5.75 Å². The number of phenols is 1. The summed E-state index contributed by atoms with van der Waals surface area (Å²) < 4.78 is 0. The van der Waals surface area contributed by atoms with Gasteiger partial charge in [-0.25, -0.2) is 0 Å². The van der Waals surface area contributed by atoms with Crippen molar-refractivity contribution in [3.05, 3.63) is 29.3 Å². The molecule has 0 saturated carbocycles. The van der Waals surface area contributed by atoms with Crippen LogP contribution < -0.4 is 5.32 Å². The number of carbonyl (C=O) groups is 1. The van der Waals surface area contributed by atoms with Gasteiger partial charge in [-0.1, -0.05) is 19.9 Å². The highest BCUT2D eigenvalue weighted by molar-refractivity contribution is 5.96. The predicted molar refractivity (Wildman–Crippen MR) is 60.1 cm³/mol. The van der Waals surface area contributed by atoms with E-state index in [2.05, 4.69) is 5.32 Å². The highest BCUT2D eigenvalue weighted by atomic mass is 16.3. The standard InChI is InChI=1S/C12H17NO2/c1-3-7-13-12(15)10-8-9(4-2)5-6-11(10)14/h5-6,8,14H,3-4,7H2,1-2H3,(H,13,15). The lowest BCUT2D eigenvalue weighted by Gasteiger charge is -2.07. The molecule has 0 aliphatic rings. The lowest BCUT2D eigenvalue weighted by molar-refractivity contribution is 0.0951. The Labute approximate surface area is 90.1 Å². The molecule has 82 valence electrons. The van der Waals surface area contributed by atoms with Crippen LogP contribution in [0.4, 0.5) is 0 Å². The van der Waals surface area contributed by atoms with E-state index >= 15 is 0 Å². The maximum absolute atomic E-state index is 11.6. The van der Waals surface area contributed by atoms with Crippen LogP contribution in [-0.2, 0) is 6.42 Å². The number of rotatable bonds is 4. The number of hydrogen-bond acceptors (Lipinski definition) is 2. The first kappa shape index (κ1) is 11.6. The van der Waals surface area contributed by atoms with E-state index in [1.807, 2.05) is 19.9 Å². The molecule has 0 saturated heterocycles. The first-order chi connectivity index (χ1) is 7.19. The molecular formula is C12H17NO2. The summed E-state index contributed by atoms with van der Waals surface area (Å²) in [5.74, 6) is -0.162. The quantitative estimate of drug-likeness (QED) is 0.794. The third kappa shape index (κ3) is 2.98. The van der Waals surface area contributed by atoms with E-state index in [1.54, 1.807) is 12.1 Å². The first-order valence-corrected chi connectivity index (χ1v) is 5.29. The molecule has 0 atom stereocenters. The lowest BCUT2D eigenvalue weighted by Crippen LogP contribution is -2.24. The van der Waals surface area contributed by atoms with E-state index in [0.717, 1.165) is 18.4 Å². The minimum atomic E-state index is -0.204. The SMILES string of the molecule is CCCNC(=O)c1cc(CC)ccc1O. The van der Waals surface area contributed by atoms with Crippen molar-refractivity contribution in [1.82, 2.24) is 5.32 Å². The fourth-order valence-electron chi connectivity index (χ4n) is 1.32. The van der Waals surface area contributed by atoms with Crippen LogP contribution in [0.15, 0.2) is 18.2 Å². The van der Waals surface area contributed by atoms with Crippen LogP contribution in [0.3, 0.4) is 0 Å². The van der Waals surface area contributed by atoms with Gasteiger partial charge in [0, 0.05) is 6.54 Å². The molecule has 0 fully saturated rings. The Kier molecular flexibility index (Phi) is 4.16. The molecule has 1 aromatic rings. The Bertz CT molecular complexity index is 347. The molecule has 3 nitrogen and oxygen atoms in total. The molecule has 3 heteroatoms. The van der Waals surface area contributed by atoms with Gasteiger partial charge in [-0.2, -0.15) is 0 Å².